The van der Waals surface area contributed by atoms with E-state index in [1.807, 2.05) is 4.90 Å². The maximum absolute atomic E-state index is 11.5. The van der Waals surface area contributed by atoms with Gasteiger partial charge in [0.2, 0.25) is 0 Å². The van der Waals surface area contributed by atoms with Crippen LogP contribution in [0.3, 0.4) is 0 Å². The lowest BCUT2D eigenvalue weighted by molar-refractivity contribution is 0.249. The number of rotatable bonds is 7. The standard InChI is InChI=1S/C15H25NO4S2/c1-21(17,18)11-9-16(10-12-22(2,19)20)15-8-7-13-5-3-4-6-14(13)15/h3-4,6,13,15H,5,7-12H2,1-2H3. The molecule has 126 valence electrons. The van der Waals surface area contributed by atoms with Gasteiger partial charge in [0, 0.05) is 31.6 Å². The number of nitrogens with zero attached hydrogens (tertiary/aromatic N) is 1. The van der Waals surface area contributed by atoms with Gasteiger partial charge in [-0.25, -0.2) is 16.8 Å². The molecule has 22 heavy (non-hydrogen) atoms. The molecule has 2 rings (SSSR count). The molecule has 2 atom stereocenters. The molecule has 0 heterocycles. The number of hydrogen-bond donors (Lipinski definition) is 0. The summed E-state index contributed by atoms with van der Waals surface area (Å²) in [6.45, 7) is 0.791. The summed E-state index contributed by atoms with van der Waals surface area (Å²) in [5.41, 5.74) is 1.34. The van der Waals surface area contributed by atoms with Crippen molar-refractivity contribution in [3.05, 3.63) is 23.8 Å². The zero-order chi connectivity index (χ0) is 16.4. The first-order chi connectivity index (χ1) is 10.2. The molecule has 0 saturated heterocycles. The average molecular weight is 348 g/mol. The van der Waals surface area contributed by atoms with Crippen LogP contribution in [-0.4, -0.2) is 64.9 Å². The van der Waals surface area contributed by atoms with Gasteiger partial charge in [-0.2, -0.15) is 0 Å². The van der Waals surface area contributed by atoms with E-state index in [2.05, 4.69) is 18.2 Å². The van der Waals surface area contributed by atoms with Crippen molar-refractivity contribution in [2.75, 3.05) is 37.1 Å². The molecule has 2 aliphatic carbocycles. The summed E-state index contributed by atoms with van der Waals surface area (Å²) in [4.78, 5) is 2.05. The first-order valence-electron chi connectivity index (χ1n) is 7.62. The van der Waals surface area contributed by atoms with Crippen molar-refractivity contribution in [3.8, 4) is 0 Å². The predicted molar refractivity (Wildman–Crippen MR) is 89.3 cm³/mol. The van der Waals surface area contributed by atoms with E-state index in [9.17, 15) is 16.8 Å². The van der Waals surface area contributed by atoms with Gasteiger partial charge in [0.15, 0.2) is 0 Å². The molecule has 0 bridgehead atoms. The van der Waals surface area contributed by atoms with Crippen molar-refractivity contribution >= 4 is 19.7 Å². The maximum atomic E-state index is 11.5. The van der Waals surface area contributed by atoms with Gasteiger partial charge in [-0.1, -0.05) is 18.2 Å². The third-order valence-electron chi connectivity index (χ3n) is 4.43. The molecule has 0 amide bonds. The second kappa shape index (κ2) is 6.84. The molecule has 1 fully saturated rings. The summed E-state index contributed by atoms with van der Waals surface area (Å²) in [6, 6.07) is 0.179. The molecular weight excluding hydrogens is 322 g/mol. The normalized spacial score (nSPS) is 25.3. The fourth-order valence-electron chi connectivity index (χ4n) is 3.27. The largest absolute Gasteiger partial charge is 0.295 e. The second-order valence-corrected chi connectivity index (χ2v) is 10.9. The average Bonchev–Trinajstić information content (AvgIpc) is 2.80. The minimum Gasteiger partial charge on any atom is -0.295 e. The maximum Gasteiger partial charge on any atom is 0.148 e. The van der Waals surface area contributed by atoms with Crippen molar-refractivity contribution in [1.82, 2.24) is 4.90 Å². The van der Waals surface area contributed by atoms with Crippen molar-refractivity contribution < 1.29 is 16.8 Å². The van der Waals surface area contributed by atoms with E-state index in [0.717, 1.165) is 19.3 Å². The highest BCUT2D eigenvalue weighted by molar-refractivity contribution is 7.90. The Morgan fingerprint density at radius 2 is 1.64 bits per heavy atom. The van der Waals surface area contributed by atoms with E-state index in [1.54, 1.807) is 0 Å². The highest BCUT2D eigenvalue weighted by Crippen LogP contribution is 2.38. The molecule has 0 N–H and O–H groups in total. The Balaban J connectivity index is 2.12. The lowest BCUT2D eigenvalue weighted by Gasteiger charge is -2.31. The Morgan fingerprint density at radius 1 is 1.05 bits per heavy atom. The molecule has 0 aliphatic heterocycles. The zero-order valence-electron chi connectivity index (χ0n) is 13.2. The molecule has 5 nitrogen and oxygen atoms in total. The van der Waals surface area contributed by atoms with Crippen LogP contribution in [0.15, 0.2) is 23.8 Å². The molecule has 0 aromatic rings. The summed E-state index contributed by atoms with van der Waals surface area (Å²) in [5.74, 6) is 0.677. The lowest BCUT2D eigenvalue weighted by atomic mass is 9.93. The molecule has 7 heteroatoms. The van der Waals surface area contributed by atoms with Gasteiger partial charge in [0.25, 0.3) is 0 Å². The molecule has 0 radical (unpaired) electrons. The van der Waals surface area contributed by atoms with Crippen LogP contribution < -0.4 is 0 Å². The summed E-state index contributed by atoms with van der Waals surface area (Å²) < 4.78 is 45.9. The highest BCUT2D eigenvalue weighted by atomic mass is 32.2. The highest BCUT2D eigenvalue weighted by Gasteiger charge is 2.34. The van der Waals surface area contributed by atoms with Crippen LogP contribution in [0.4, 0.5) is 0 Å². The third kappa shape index (κ3) is 5.21. The molecule has 0 aromatic heterocycles. The molecular formula is C15H25NO4S2. The van der Waals surface area contributed by atoms with Gasteiger partial charge in [-0.3, -0.25) is 4.90 Å². The number of fused-ring (bicyclic) bond motifs is 1. The van der Waals surface area contributed by atoms with Gasteiger partial charge < -0.3 is 0 Å². The quantitative estimate of drug-likeness (QED) is 0.688. The summed E-state index contributed by atoms with van der Waals surface area (Å²) >= 11 is 0. The number of sulfone groups is 2. The Hall–Kier alpha value is -0.660. The van der Waals surface area contributed by atoms with E-state index in [0.29, 0.717) is 19.0 Å². The topological polar surface area (TPSA) is 71.5 Å². The summed E-state index contributed by atoms with van der Waals surface area (Å²) in [5, 5.41) is 0. The third-order valence-corrected chi connectivity index (χ3v) is 6.28. The van der Waals surface area contributed by atoms with E-state index < -0.39 is 19.7 Å². The molecule has 2 unspecified atom stereocenters. The van der Waals surface area contributed by atoms with Crippen LogP contribution in [0.25, 0.3) is 0 Å². The minimum atomic E-state index is -3.06. The molecule has 2 aliphatic rings. The van der Waals surface area contributed by atoms with Crippen molar-refractivity contribution in [2.45, 2.75) is 25.3 Å². The van der Waals surface area contributed by atoms with Crippen LogP contribution in [0.2, 0.25) is 0 Å². The SMILES string of the molecule is CS(=O)(=O)CCN(CCS(C)(=O)=O)C1CCC2CC=CC=C21. The molecule has 1 saturated carbocycles. The Morgan fingerprint density at radius 3 is 2.18 bits per heavy atom. The number of hydrogen-bond acceptors (Lipinski definition) is 5. The van der Waals surface area contributed by atoms with E-state index in [-0.39, 0.29) is 17.5 Å². The first-order valence-corrected chi connectivity index (χ1v) is 11.7. The fraction of sp³-hybridized carbons (Fsp3) is 0.733. The summed E-state index contributed by atoms with van der Waals surface area (Å²) in [6.07, 6.45) is 11.9. The van der Waals surface area contributed by atoms with Gasteiger partial charge >= 0.3 is 0 Å². The van der Waals surface area contributed by atoms with E-state index in [4.69, 9.17) is 0 Å². The van der Waals surface area contributed by atoms with Crippen LogP contribution in [-0.2, 0) is 19.7 Å². The van der Waals surface area contributed by atoms with Crippen molar-refractivity contribution in [1.29, 1.82) is 0 Å². The van der Waals surface area contributed by atoms with Crippen LogP contribution in [0.5, 0.6) is 0 Å². The lowest BCUT2D eigenvalue weighted by Crippen LogP contribution is -2.41. The fourth-order valence-corrected chi connectivity index (χ4v) is 4.40. The zero-order valence-corrected chi connectivity index (χ0v) is 14.9. The smallest absolute Gasteiger partial charge is 0.148 e. The number of allylic oxidation sites excluding steroid dienone is 3. The monoisotopic (exact) mass is 347 g/mol. The van der Waals surface area contributed by atoms with Crippen molar-refractivity contribution in [3.63, 3.8) is 0 Å². The Labute approximate surface area is 133 Å². The van der Waals surface area contributed by atoms with Gasteiger partial charge in [0.1, 0.15) is 19.7 Å². The molecule has 0 spiro atoms. The Bertz CT molecular complexity index is 626. The van der Waals surface area contributed by atoms with Gasteiger partial charge in [-0.15, -0.1) is 0 Å². The second-order valence-electron chi connectivity index (χ2n) is 6.42. The van der Waals surface area contributed by atoms with E-state index >= 15 is 0 Å². The summed E-state index contributed by atoms with van der Waals surface area (Å²) in [7, 11) is -6.11. The predicted octanol–water partition coefficient (Wildman–Crippen LogP) is 1.04. The first kappa shape index (κ1) is 17.7. The van der Waals surface area contributed by atoms with Crippen molar-refractivity contribution in [2.24, 2.45) is 5.92 Å². The Kier molecular flexibility index (Phi) is 5.50. The van der Waals surface area contributed by atoms with Crippen LogP contribution in [0.1, 0.15) is 19.3 Å². The van der Waals surface area contributed by atoms with Crippen LogP contribution >= 0.6 is 0 Å². The molecule has 0 aromatic carbocycles. The van der Waals surface area contributed by atoms with E-state index in [1.165, 1.54) is 18.1 Å². The minimum absolute atomic E-state index is 0.0705. The van der Waals surface area contributed by atoms with Crippen LogP contribution in [0, 0.1) is 5.92 Å². The van der Waals surface area contributed by atoms with Gasteiger partial charge in [-0.05, 0) is 30.8 Å². The van der Waals surface area contributed by atoms with Gasteiger partial charge in [0.05, 0.1) is 11.5 Å².